The molecule has 2 heterocycles. The molecule has 0 radical (unpaired) electrons. The summed E-state index contributed by atoms with van der Waals surface area (Å²) in [5.41, 5.74) is -0.0147. The second-order valence-corrected chi connectivity index (χ2v) is 7.09. The van der Waals surface area contributed by atoms with Crippen LogP contribution in [0.1, 0.15) is 39.5 Å². The average molecular weight is 257 g/mol. The van der Waals surface area contributed by atoms with E-state index in [1.807, 2.05) is 11.8 Å². The molecule has 0 spiro atoms. The summed E-state index contributed by atoms with van der Waals surface area (Å²) >= 11 is 1.93. The van der Waals surface area contributed by atoms with Gasteiger partial charge in [0, 0.05) is 11.3 Å². The van der Waals surface area contributed by atoms with Crippen LogP contribution in [0.15, 0.2) is 0 Å². The zero-order valence-corrected chi connectivity index (χ0v) is 11.7. The lowest BCUT2D eigenvalue weighted by Crippen LogP contribution is -2.61. The minimum absolute atomic E-state index is 0.112. The van der Waals surface area contributed by atoms with E-state index in [0.29, 0.717) is 6.42 Å². The van der Waals surface area contributed by atoms with Crippen molar-refractivity contribution in [3.63, 3.8) is 0 Å². The van der Waals surface area contributed by atoms with Gasteiger partial charge >= 0.3 is 5.97 Å². The Morgan fingerprint density at radius 2 is 2.00 bits per heavy atom. The molecule has 0 bridgehead atoms. The van der Waals surface area contributed by atoms with Gasteiger partial charge in [-0.1, -0.05) is 13.8 Å². The van der Waals surface area contributed by atoms with Crippen LogP contribution in [0.5, 0.6) is 0 Å². The number of rotatable bonds is 3. The smallest absolute Gasteiger partial charge is 0.305 e. The van der Waals surface area contributed by atoms with Gasteiger partial charge in [0.05, 0.1) is 6.42 Å². The van der Waals surface area contributed by atoms with Crippen LogP contribution >= 0.6 is 11.8 Å². The monoisotopic (exact) mass is 257 g/mol. The van der Waals surface area contributed by atoms with Crippen LogP contribution in [0.3, 0.4) is 0 Å². The molecule has 0 amide bonds. The molecule has 1 atom stereocenters. The Balaban J connectivity index is 2.29. The first-order valence-electron chi connectivity index (χ1n) is 6.53. The first-order valence-corrected chi connectivity index (χ1v) is 7.68. The molecule has 2 aliphatic rings. The lowest BCUT2D eigenvalue weighted by atomic mass is 9.68. The van der Waals surface area contributed by atoms with E-state index < -0.39 is 5.97 Å². The maximum Gasteiger partial charge on any atom is 0.305 e. The molecule has 0 aromatic heterocycles. The maximum atomic E-state index is 11.3. The minimum Gasteiger partial charge on any atom is -0.481 e. The highest BCUT2D eigenvalue weighted by atomic mass is 32.2. The predicted octanol–water partition coefficient (Wildman–Crippen LogP) is 2.46. The molecule has 1 unspecified atom stereocenters. The topological polar surface area (TPSA) is 40.5 Å². The quantitative estimate of drug-likeness (QED) is 0.843. The standard InChI is InChI=1S/C13H23NO2S/c1-12(2)5-8-17-10-13(12,9-11(15)16)14-6-3-4-7-14/h3-10H2,1-2H3,(H,15,16). The number of aliphatic carboxylic acids is 1. The van der Waals surface area contributed by atoms with E-state index in [0.717, 1.165) is 25.3 Å². The second-order valence-electron chi connectivity index (χ2n) is 5.98. The van der Waals surface area contributed by atoms with Gasteiger partial charge in [0.15, 0.2) is 0 Å². The Labute approximate surface area is 108 Å². The molecule has 0 aromatic carbocycles. The Kier molecular flexibility index (Phi) is 3.74. The van der Waals surface area contributed by atoms with Crippen molar-refractivity contribution in [2.75, 3.05) is 24.6 Å². The van der Waals surface area contributed by atoms with Crippen molar-refractivity contribution in [3.05, 3.63) is 0 Å². The summed E-state index contributed by atoms with van der Waals surface area (Å²) in [5, 5.41) is 9.29. The third-order valence-corrected chi connectivity index (χ3v) is 5.80. The van der Waals surface area contributed by atoms with E-state index in [-0.39, 0.29) is 11.0 Å². The third kappa shape index (κ3) is 2.34. The van der Waals surface area contributed by atoms with Crippen LogP contribution in [0, 0.1) is 5.41 Å². The maximum absolute atomic E-state index is 11.3. The largest absolute Gasteiger partial charge is 0.481 e. The third-order valence-electron chi connectivity index (χ3n) is 4.63. The van der Waals surface area contributed by atoms with Gasteiger partial charge in [0.2, 0.25) is 0 Å². The van der Waals surface area contributed by atoms with Gasteiger partial charge in [-0.2, -0.15) is 11.8 Å². The molecule has 0 aliphatic carbocycles. The van der Waals surface area contributed by atoms with Crippen LogP contribution < -0.4 is 0 Å². The van der Waals surface area contributed by atoms with Gasteiger partial charge in [0.1, 0.15) is 0 Å². The summed E-state index contributed by atoms with van der Waals surface area (Å²) in [6.07, 6.45) is 3.87. The fraction of sp³-hybridized carbons (Fsp3) is 0.923. The van der Waals surface area contributed by atoms with Crippen molar-refractivity contribution in [2.24, 2.45) is 5.41 Å². The van der Waals surface area contributed by atoms with Crippen molar-refractivity contribution in [1.29, 1.82) is 0 Å². The van der Waals surface area contributed by atoms with Gasteiger partial charge < -0.3 is 5.11 Å². The van der Waals surface area contributed by atoms with Crippen LogP contribution in [0.2, 0.25) is 0 Å². The fourth-order valence-corrected chi connectivity index (χ4v) is 5.13. The van der Waals surface area contributed by atoms with Crippen molar-refractivity contribution in [3.8, 4) is 0 Å². The van der Waals surface area contributed by atoms with Gasteiger partial charge in [0.25, 0.3) is 0 Å². The molecule has 0 saturated carbocycles. The zero-order valence-electron chi connectivity index (χ0n) is 10.9. The number of carboxylic acids is 1. The zero-order chi connectivity index (χ0) is 12.5. The number of hydrogen-bond acceptors (Lipinski definition) is 3. The first-order chi connectivity index (χ1) is 7.98. The lowest BCUT2D eigenvalue weighted by molar-refractivity contribution is -0.143. The van der Waals surface area contributed by atoms with Gasteiger partial charge in [-0.25, -0.2) is 0 Å². The molecule has 1 N–H and O–H groups in total. The lowest BCUT2D eigenvalue weighted by Gasteiger charge is -2.54. The van der Waals surface area contributed by atoms with Gasteiger partial charge in [-0.05, 0) is 43.5 Å². The second kappa shape index (κ2) is 4.81. The molecule has 4 heteroatoms. The molecule has 2 aliphatic heterocycles. The predicted molar refractivity (Wildman–Crippen MR) is 71.5 cm³/mol. The normalized spacial score (nSPS) is 33.8. The summed E-state index contributed by atoms with van der Waals surface area (Å²) in [6.45, 7) is 6.68. The fourth-order valence-electron chi connectivity index (χ4n) is 3.31. The molecule has 17 heavy (non-hydrogen) atoms. The SMILES string of the molecule is CC1(C)CCSCC1(CC(=O)O)N1CCCC1. The van der Waals surface area contributed by atoms with E-state index in [1.165, 1.54) is 18.6 Å². The van der Waals surface area contributed by atoms with Crippen molar-refractivity contribution < 1.29 is 9.90 Å². The van der Waals surface area contributed by atoms with E-state index in [4.69, 9.17) is 0 Å². The highest BCUT2D eigenvalue weighted by Gasteiger charge is 2.52. The molecule has 2 saturated heterocycles. The molecule has 2 rings (SSSR count). The van der Waals surface area contributed by atoms with E-state index >= 15 is 0 Å². The van der Waals surface area contributed by atoms with E-state index in [2.05, 4.69) is 18.7 Å². The van der Waals surface area contributed by atoms with Gasteiger partial charge in [-0.3, -0.25) is 9.69 Å². The molecule has 98 valence electrons. The van der Waals surface area contributed by atoms with Crippen LogP contribution in [0.4, 0.5) is 0 Å². The van der Waals surface area contributed by atoms with Gasteiger partial charge in [-0.15, -0.1) is 0 Å². The van der Waals surface area contributed by atoms with E-state index in [1.54, 1.807) is 0 Å². The summed E-state index contributed by atoms with van der Waals surface area (Å²) in [6, 6.07) is 0. The number of carbonyl (C=O) groups is 1. The summed E-state index contributed by atoms with van der Waals surface area (Å²) in [7, 11) is 0. The average Bonchev–Trinajstić information content (AvgIpc) is 2.74. The molecular formula is C13H23NO2S. The summed E-state index contributed by atoms with van der Waals surface area (Å²) < 4.78 is 0. The first kappa shape index (κ1) is 13.2. The summed E-state index contributed by atoms with van der Waals surface area (Å²) in [4.78, 5) is 13.7. The van der Waals surface area contributed by atoms with Crippen LogP contribution in [0.25, 0.3) is 0 Å². The minimum atomic E-state index is -0.646. The molecular weight excluding hydrogens is 234 g/mol. The number of likely N-dealkylation sites (tertiary alicyclic amines) is 1. The van der Waals surface area contributed by atoms with Crippen molar-refractivity contribution in [1.82, 2.24) is 4.90 Å². The Morgan fingerprint density at radius 1 is 1.35 bits per heavy atom. The molecule has 0 aromatic rings. The number of thioether (sulfide) groups is 1. The van der Waals surface area contributed by atoms with Crippen LogP contribution in [-0.4, -0.2) is 46.1 Å². The summed E-state index contributed by atoms with van der Waals surface area (Å²) in [5.74, 6) is 1.50. The Hall–Kier alpha value is -0.220. The molecule has 3 nitrogen and oxygen atoms in total. The highest BCUT2D eigenvalue weighted by molar-refractivity contribution is 7.99. The molecule has 2 fully saturated rings. The van der Waals surface area contributed by atoms with Crippen molar-refractivity contribution in [2.45, 2.75) is 45.1 Å². The number of carboxylic acid groups (broad SMARTS) is 1. The number of hydrogen-bond donors (Lipinski definition) is 1. The van der Waals surface area contributed by atoms with E-state index in [9.17, 15) is 9.90 Å². The number of nitrogens with zero attached hydrogens (tertiary/aromatic N) is 1. The Morgan fingerprint density at radius 3 is 2.53 bits per heavy atom. The Bertz CT molecular complexity index is 300. The van der Waals surface area contributed by atoms with Crippen LogP contribution in [-0.2, 0) is 4.79 Å². The highest BCUT2D eigenvalue weighted by Crippen LogP contribution is 2.49. The van der Waals surface area contributed by atoms with Crippen molar-refractivity contribution >= 4 is 17.7 Å².